The zero-order valence-electron chi connectivity index (χ0n) is 12.7. The van der Waals surface area contributed by atoms with Gasteiger partial charge in [-0.05, 0) is 29.1 Å². The van der Waals surface area contributed by atoms with Gasteiger partial charge >= 0.3 is 6.03 Å². The van der Waals surface area contributed by atoms with E-state index in [0.29, 0.717) is 13.1 Å². The molecule has 4 nitrogen and oxygen atoms in total. The van der Waals surface area contributed by atoms with Gasteiger partial charge in [-0.1, -0.05) is 18.2 Å². The summed E-state index contributed by atoms with van der Waals surface area (Å²) in [5.41, 5.74) is 2.28. The summed E-state index contributed by atoms with van der Waals surface area (Å²) >= 11 is 1.65. The fourth-order valence-electron chi connectivity index (χ4n) is 1.96. The molecule has 0 bridgehead atoms. The summed E-state index contributed by atoms with van der Waals surface area (Å²) < 4.78 is 0. The lowest BCUT2D eigenvalue weighted by Gasteiger charge is -2.19. The predicted molar refractivity (Wildman–Crippen MR) is 88.8 cm³/mol. The number of thiophene rings is 1. The van der Waals surface area contributed by atoms with Crippen LogP contribution in [0.2, 0.25) is 0 Å². The summed E-state index contributed by atoms with van der Waals surface area (Å²) in [4.78, 5) is 16.9. The molecule has 1 N–H and O–H groups in total. The average Bonchev–Trinajstić information content (AvgIpc) is 2.98. The molecule has 0 aliphatic carbocycles. The molecule has 112 valence electrons. The van der Waals surface area contributed by atoms with E-state index < -0.39 is 0 Å². The van der Waals surface area contributed by atoms with Crippen molar-refractivity contribution in [3.8, 4) is 0 Å². The largest absolute Gasteiger partial charge is 0.378 e. The second-order valence-corrected chi connectivity index (χ2v) is 6.19. The summed E-state index contributed by atoms with van der Waals surface area (Å²) in [6.45, 7) is 1.18. The van der Waals surface area contributed by atoms with Crippen LogP contribution in [0, 0.1) is 0 Å². The Balaban J connectivity index is 1.85. The van der Waals surface area contributed by atoms with E-state index in [4.69, 9.17) is 0 Å². The van der Waals surface area contributed by atoms with Gasteiger partial charge in [-0.15, -0.1) is 11.3 Å². The van der Waals surface area contributed by atoms with Gasteiger partial charge in [0.25, 0.3) is 0 Å². The van der Waals surface area contributed by atoms with Crippen molar-refractivity contribution >= 4 is 23.1 Å². The Hall–Kier alpha value is -2.01. The summed E-state index contributed by atoms with van der Waals surface area (Å²) in [5.74, 6) is 0. The minimum Gasteiger partial charge on any atom is -0.378 e. The van der Waals surface area contributed by atoms with E-state index in [2.05, 4.69) is 34.5 Å². The van der Waals surface area contributed by atoms with Crippen LogP contribution in [0.4, 0.5) is 10.5 Å². The summed E-state index contributed by atoms with van der Waals surface area (Å²) in [6.07, 6.45) is 0. The molecule has 0 radical (unpaired) electrons. The van der Waals surface area contributed by atoms with Crippen LogP contribution in [0.15, 0.2) is 41.8 Å². The number of amides is 2. The van der Waals surface area contributed by atoms with Crippen molar-refractivity contribution in [2.24, 2.45) is 0 Å². The van der Waals surface area contributed by atoms with Gasteiger partial charge in [-0.2, -0.15) is 0 Å². The smallest absolute Gasteiger partial charge is 0.317 e. The first-order chi connectivity index (χ1) is 10.1. The number of urea groups is 1. The summed E-state index contributed by atoms with van der Waals surface area (Å²) in [5, 5.41) is 4.94. The molecule has 5 heteroatoms. The Kier molecular flexibility index (Phi) is 5.22. The van der Waals surface area contributed by atoms with Crippen molar-refractivity contribution in [3.63, 3.8) is 0 Å². The first-order valence-corrected chi connectivity index (χ1v) is 7.72. The van der Waals surface area contributed by atoms with Gasteiger partial charge in [-0.3, -0.25) is 0 Å². The summed E-state index contributed by atoms with van der Waals surface area (Å²) in [7, 11) is 5.84. The zero-order valence-corrected chi connectivity index (χ0v) is 13.5. The first kappa shape index (κ1) is 15.4. The van der Waals surface area contributed by atoms with E-state index >= 15 is 0 Å². The number of nitrogens with one attached hydrogen (secondary N) is 1. The van der Waals surface area contributed by atoms with E-state index in [-0.39, 0.29) is 6.03 Å². The van der Waals surface area contributed by atoms with Crippen LogP contribution in [-0.4, -0.2) is 32.1 Å². The highest BCUT2D eigenvalue weighted by Gasteiger charge is 2.09. The topological polar surface area (TPSA) is 35.6 Å². The van der Waals surface area contributed by atoms with E-state index in [0.717, 1.165) is 16.1 Å². The molecule has 0 saturated heterocycles. The van der Waals surface area contributed by atoms with E-state index in [9.17, 15) is 4.79 Å². The van der Waals surface area contributed by atoms with Gasteiger partial charge in [-0.25, -0.2) is 4.79 Å². The number of carbonyl (C=O) groups is 1. The van der Waals surface area contributed by atoms with Crippen LogP contribution < -0.4 is 10.2 Å². The highest BCUT2D eigenvalue weighted by molar-refractivity contribution is 7.09. The highest BCUT2D eigenvalue weighted by Crippen LogP contribution is 2.13. The summed E-state index contributed by atoms with van der Waals surface area (Å²) in [6, 6.07) is 12.2. The number of hydrogen-bond acceptors (Lipinski definition) is 3. The van der Waals surface area contributed by atoms with Crippen LogP contribution >= 0.6 is 11.3 Å². The molecule has 21 heavy (non-hydrogen) atoms. The van der Waals surface area contributed by atoms with Crippen LogP contribution in [0.25, 0.3) is 0 Å². The molecule has 1 aromatic carbocycles. The molecule has 0 aliphatic rings. The number of anilines is 1. The molecule has 0 aliphatic heterocycles. The van der Waals surface area contributed by atoms with Crippen LogP contribution in [-0.2, 0) is 13.1 Å². The minimum atomic E-state index is -0.0555. The molecule has 0 saturated carbocycles. The van der Waals surface area contributed by atoms with Gasteiger partial charge in [0.15, 0.2) is 0 Å². The van der Waals surface area contributed by atoms with Crippen molar-refractivity contribution in [2.45, 2.75) is 13.1 Å². The predicted octanol–water partition coefficient (Wildman–Crippen LogP) is 3.16. The van der Waals surface area contributed by atoms with Gasteiger partial charge in [0.1, 0.15) is 0 Å². The Bertz CT molecular complexity index is 564. The van der Waals surface area contributed by atoms with Crippen LogP contribution in [0.5, 0.6) is 0 Å². The Morgan fingerprint density at radius 2 is 1.86 bits per heavy atom. The maximum absolute atomic E-state index is 12.0. The molecule has 0 fully saturated rings. The molecule has 0 spiro atoms. The number of benzene rings is 1. The SMILES string of the molecule is CN(Cc1ccc(N(C)C)cc1)C(=O)NCc1cccs1. The lowest BCUT2D eigenvalue weighted by atomic mass is 10.2. The van der Waals surface area contributed by atoms with Crippen molar-refractivity contribution in [1.82, 2.24) is 10.2 Å². The monoisotopic (exact) mass is 303 g/mol. The van der Waals surface area contributed by atoms with E-state index in [1.807, 2.05) is 38.7 Å². The number of rotatable bonds is 5. The molecule has 2 aromatic rings. The third kappa shape index (κ3) is 4.49. The molecule has 2 amide bonds. The molecule has 1 aromatic heterocycles. The maximum Gasteiger partial charge on any atom is 0.317 e. The van der Waals surface area contributed by atoms with Crippen molar-refractivity contribution in [3.05, 3.63) is 52.2 Å². The second kappa shape index (κ2) is 7.13. The minimum absolute atomic E-state index is 0.0555. The van der Waals surface area contributed by atoms with Gasteiger partial charge in [0.2, 0.25) is 0 Å². The molecule has 2 rings (SSSR count). The normalized spacial score (nSPS) is 10.2. The fraction of sp³-hybridized carbons (Fsp3) is 0.312. The third-order valence-corrected chi connectivity index (χ3v) is 4.09. The number of hydrogen-bond donors (Lipinski definition) is 1. The molecule has 1 heterocycles. The molecule has 0 unspecified atom stereocenters. The van der Waals surface area contributed by atoms with Crippen LogP contribution in [0.1, 0.15) is 10.4 Å². The molecular formula is C16H21N3OS. The van der Waals surface area contributed by atoms with Crippen molar-refractivity contribution in [2.75, 3.05) is 26.0 Å². The zero-order chi connectivity index (χ0) is 15.2. The Morgan fingerprint density at radius 3 is 2.43 bits per heavy atom. The van der Waals surface area contributed by atoms with E-state index in [1.165, 1.54) is 0 Å². The number of carbonyl (C=O) groups excluding carboxylic acids is 1. The first-order valence-electron chi connectivity index (χ1n) is 6.84. The highest BCUT2D eigenvalue weighted by atomic mass is 32.1. The average molecular weight is 303 g/mol. The molecular weight excluding hydrogens is 282 g/mol. The third-order valence-electron chi connectivity index (χ3n) is 3.21. The Labute approximate surface area is 130 Å². The van der Waals surface area contributed by atoms with Gasteiger partial charge < -0.3 is 15.1 Å². The quantitative estimate of drug-likeness (QED) is 0.921. The Morgan fingerprint density at radius 1 is 1.14 bits per heavy atom. The van der Waals surface area contributed by atoms with Crippen molar-refractivity contribution < 1.29 is 4.79 Å². The van der Waals surface area contributed by atoms with Gasteiger partial charge in [0.05, 0.1) is 6.54 Å². The van der Waals surface area contributed by atoms with Crippen LogP contribution in [0.3, 0.4) is 0 Å². The lowest BCUT2D eigenvalue weighted by Crippen LogP contribution is -2.36. The molecule has 0 atom stereocenters. The van der Waals surface area contributed by atoms with E-state index in [1.54, 1.807) is 16.2 Å². The lowest BCUT2D eigenvalue weighted by molar-refractivity contribution is 0.206. The maximum atomic E-state index is 12.0. The number of nitrogens with zero attached hydrogens (tertiary/aromatic N) is 2. The second-order valence-electron chi connectivity index (χ2n) is 5.16. The fourth-order valence-corrected chi connectivity index (χ4v) is 2.60. The van der Waals surface area contributed by atoms with Gasteiger partial charge in [0, 0.05) is 38.3 Å². The van der Waals surface area contributed by atoms with Crippen molar-refractivity contribution in [1.29, 1.82) is 0 Å². The standard InChI is InChI=1S/C16H21N3OS/c1-18(2)14-8-6-13(7-9-14)12-19(3)16(20)17-11-15-5-4-10-21-15/h4-10H,11-12H2,1-3H3,(H,17,20).